The fourth-order valence-electron chi connectivity index (χ4n) is 2.16. The quantitative estimate of drug-likeness (QED) is 0.529. The van der Waals surface area contributed by atoms with Gasteiger partial charge in [0.25, 0.3) is 0 Å². The molecule has 0 aromatic carbocycles. The van der Waals surface area contributed by atoms with Crippen LogP contribution in [0, 0.1) is 5.41 Å². The van der Waals surface area contributed by atoms with Crippen molar-refractivity contribution in [2.45, 2.75) is 31.9 Å². The molecule has 120 valence electrons. The first kappa shape index (κ1) is 18.0. The second kappa shape index (κ2) is 7.29. The lowest BCUT2D eigenvalue weighted by Gasteiger charge is -2.35. The highest BCUT2D eigenvalue weighted by Crippen LogP contribution is 2.33. The molecule has 0 atom stereocenters. The molecule has 0 unspecified atom stereocenters. The van der Waals surface area contributed by atoms with Gasteiger partial charge in [-0.15, -0.1) is 0 Å². The Hall–Kier alpha value is -0.0500. The molecular formula is C11H18ClF3O4S. The summed E-state index contributed by atoms with van der Waals surface area (Å²) in [7, 11) is 1.59. The van der Waals surface area contributed by atoms with Gasteiger partial charge in [-0.05, 0) is 19.3 Å². The molecule has 1 aliphatic rings. The molecule has 0 bridgehead atoms. The Labute approximate surface area is 121 Å². The number of alkyl halides is 3. The highest BCUT2D eigenvalue weighted by atomic mass is 35.7. The van der Waals surface area contributed by atoms with E-state index in [4.69, 9.17) is 20.2 Å². The molecule has 1 fully saturated rings. The van der Waals surface area contributed by atoms with E-state index < -0.39 is 27.1 Å². The van der Waals surface area contributed by atoms with Gasteiger partial charge in [-0.3, -0.25) is 0 Å². The van der Waals surface area contributed by atoms with Crippen LogP contribution in [-0.2, 0) is 18.5 Å². The Kier molecular flexibility index (Phi) is 6.56. The minimum absolute atomic E-state index is 0.0511. The molecule has 0 amide bonds. The summed E-state index contributed by atoms with van der Waals surface area (Å²) in [6.07, 6.45) is -4.30. The van der Waals surface area contributed by atoms with Crippen molar-refractivity contribution in [3.8, 4) is 0 Å². The second-order valence-corrected chi connectivity index (χ2v) is 7.84. The molecule has 1 saturated heterocycles. The van der Waals surface area contributed by atoms with Crippen LogP contribution < -0.4 is 0 Å². The first-order valence-corrected chi connectivity index (χ1v) is 8.74. The summed E-state index contributed by atoms with van der Waals surface area (Å²) >= 11 is 0. The first-order chi connectivity index (χ1) is 9.12. The number of halogens is 4. The minimum Gasteiger partial charge on any atom is -0.381 e. The molecule has 0 radical (unpaired) electrons. The van der Waals surface area contributed by atoms with Crippen LogP contribution in [0.5, 0.6) is 0 Å². The fourth-order valence-corrected chi connectivity index (χ4v) is 3.96. The molecule has 9 heteroatoms. The summed E-state index contributed by atoms with van der Waals surface area (Å²) in [5, 5.41) is 0. The summed E-state index contributed by atoms with van der Waals surface area (Å²) in [6, 6.07) is 0. The van der Waals surface area contributed by atoms with Crippen LogP contribution >= 0.6 is 10.7 Å². The van der Waals surface area contributed by atoms with Gasteiger partial charge in [0.2, 0.25) is 9.05 Å². The number of hydrogen-bond donors (Lipinski definition) is 0. The molecule has 0 aromatic heterocycles. The largest absolute Gasteiger partial charge is 0.389 e. The van der Waals surface area contributed by atoms with E-state index in [0.29, 0.717) is 26.1 Å². The molecule has 4 nitrogen and oxygen atoms in total. The molecule has 1 rings (SSSR count). The van der Waals surface area contributed by atoms with Crippen LogP contribution in [0.2, 0.25) is 0 Å². The predicted molar refractivity (Wildman–Crippen MR) is 68.2 cm³/mol. The molecular weight excluding hydrogens is 321 g/mol. The predicted octanol–water partition coefficient (Wildman–Crippen LogP) is 2.71. The topological polar surface area (TPSA) is 52.6 Å². The summed E-state index contributed by atoms with van der Waals surface area (Å²) < 4.78 is 68.8. The summed E-state index contributed by atoms with van der Waals surface area (Å²) in [5.74, 6) is -0.246. The normalized spacial score (nSPS) is 20.0. The maximum atomic E-state index is 12.0. The van der Waals surface area contributed by atoms with E-state index in [2.05, 4.69) is 0 Å². The van der Waals surface area contributed by atoms with Gasteiger partial charge < -0.3 is 9.47 Å². The van der Waals surface area contributed by atoms with Crippen molar-refractivity contribution in [1.29, 1.82) is 0 Å². The maximum Gasteiger partial charge on any atom is 0.389 e. The summed E-state index contributed by atoms with van der Waals surface area (Å²) in [4.78, 5) is 0. The number of hydrogen-bond acceptors (Lipinski definition) is 4. The lowest BCUT2D eigenvalue weighted by atomic mass is 9.83. The lowest BCUT2D eigenvalue weighted by Crippen LogP contribution is -2.39. The van der Waals surface area contributed by atoms with Crippen LogP contribution in [0.3, 0.4) is 0 Å². The van der Waals surface area contributed by atoms with E-state index in [1.165, 1.54) is 0 Å². The van der Waals surface area contributed by atoms with Gasteiger partial charge >= 0.3 is 6.18 Å². The Morgan fingerprint density at radius 1 is 1.25 bits per heavy atom. The van der Waals surface area contributed by atoms with Gasteiger partial charge in [0.05, 0.1) is 12.4 Å². The van der Waals surface area contributed by atoms with Crippen LogP contribution in [0.4, 0.5) is 13.2 Å². The minimum atomic E-state index is -4.20. The monoisotopic (exact) mass is 338 g/mol. The first-order valence-electron chi connectivity index (χ1n) is 6.27. The Bertz CT molecular complexity index is 391. The fraction of sp³-hybridized carbons (Fsp3) is 1.00. The summed E-state index contributed by atoms with van der Waals surface area (Å²) in [6.45, 7) is 0.835. The van der Waals surface area contributed by atoms with E-state index in [1.807, 2.05) is 0 Å². The highest BCUT2D eigenvalue weighted by Gasteiger charge is 2.37. The van der Waals surface area contributed by atoms with E-state index in [-0.39, 0.29) is 25.4 Å². The van der Waals surface area contributed by atoms with Crippen LogP contribution in [0.1, 0.15) is 25.7 Å². The lowest BCUT2D eigenvalue weighted by molar-refractivity contribution is -0.138. The van der Waals surface area contributed by atoms with E-state index in [0.717, 1.165) is 0 Å². The van der Waals surface area contributed by atoms with Gasteiger partial charge in [0.15, 0.2) is 0 Å². The zero-order valence-corrected chi connectivity index (χ0v) is 12.5. The third-order valence-corrected chi connectivity index (χ3v) is 4.47. The second-order valence-electron chi connectivity index (χ2n) is 5.07. The average molecular weight is 339 g/mol. The molecule has 0 aromatic rings. The summed E-state index contributed by atoms with van der Waals surface area (Å²) in [5.41, 5.74) is -0.656. The molecule has 0 N–H and O–H groups in total. The maximum absolute atomic E-state index is 12.0. The van der Waals surface area contributed by atoms with Crippen LogP contribution in [0.15, 0.2) is 0 Å². The molecule has 0 spiro atoms. The average Bonchev–Trinajstić information content (AvgIpc) is 2.25. The number of ether oxygens (including phenoxy) is 2. The SMILES string of the molecule is O=S(=O)(Cl)CC1(COCCCC(F)(F)F)CCOCC1. The Balaban J connectivity index is 2.42. The van der Waals surface area contributed by atoms with Crippen molar-refractivity contribution in [3.05, 3.63) is 0 Å². The van der Waals surface area contributed by atoms with Gasteiger partial charge in [-0.1, -0.05) is 0 Å². The zero-order chi connectivity index (χ0) is 15.3. The standard InChI is InChI=1S/C11H18ClF3O4S/c12-20(16,17)9-10(3-6-18-7-4-10)8-19-5-1-2-11(13,14)15/h1-9H2. The third kappa shape index (κ3) is 7.66. The van der Waals surface area contributed by atoms with Gasteiger partial charge in [0, 0.05) is 42.3 Å². The Morgan fingerprint density at radius 2 is 1.85 bits per heavy atom. The molecule has 0 aliphatic carbocycles. The molecule has 1 heterocycles. The van der Waals surface area contributed by atoms with Gasteiger partial charge in [-0.25, -0.2) is 8.42 Å². The van der Waals surface area contributed by atoms with Crippen molar-refractivity contribution in [3.63, 3.8) is 0 Å². The van der Waals surface area contributed by atoms with E-state index in [1.54, 1.807) is 0 Å². The molecule has 0 saturated carbocycles. The smallest absolute Gasteiger partial charge is 0.381 e. The van der Waals surface area contributed by atoms with Crippen LogP contribution in [-0.4, -0.2) is 46.8 Å². The van der Waals surface area contributed by atoms with Crippen molar-refractivity contribution < 1.29 is 31.1 Å². The molecule has 1 aliphatic heterocycles. The van der Waals surface area contributed by atoms with E-state index >= 15 is 0 Å². The van der Waals surface area contributed by atoms with Gasteiger partial charge in [-0.2, -0.15) is 13.2 Å². The van der Waals surface area contributed by atoms with Gasteiger partial charge in [0.1, 0.15) is 0 Å². The van der Waals surface area contributed by atoms with Crippen LogP contribution in [0.25, 0.3) is 0 Å². The van der Waals surface area contributed by atoms with Crippen molar-refractivity contribution in [2.24, 2.45) is 5.41 Å². The third-order valence-electron chi connectivity index (χ3n) is 3.19. The van der Waals surface area contributed by atoms with E-state index in [9.17, 15) is 21.6 Å². The molecule has 20 heavy (non-hydrogen) atoms. The van der Waals surface area contributed by atoms with Crippen molar-refractivity contribution in [1.82, 2.24) is 0 Å². The zero-order valence-electron chi connectivity index (χ0n) is 10.9. The van der Waals surface area contributed by atoms with Crippen molar-refractivity contribution in [2.75, 3.05) is 32.2 Å². The van der Waals surface area contributed by atoms with Crippen molar-refractivity contribution >= 4 is 19.7 Å². The Morgan fingerprint density at radius 3 is 2.35 bits per heavy atom. The highest BCUT2D eigenvalue weighted by molar-refractivity contribution is 8.13. The number of rotatable bonds is 7.